The Balaban J connectivity index is 1.87. The van der Waals surface area contributed by atoms with E-state index in [-0.39, 0.29) is 35.0 Å². The molecule has 1 aromatic carbocycles. The van der Waals surface area contributed by atoms with Crippen molar-refractivity contribution in [3.8, 4) is 5.69 Å². The highest BCUT2D eigenvalue weighted by Gasteiger charge is 2.35. The van der Waals surface area contributed by atoms with Gasteiger partial charge in [-0.2, -0.15) is 5.10 Å². The van der Waals surface area contributed by atoms with Crippen molar-refractivity contribution in [1.29, 1.82) is 0 Å². The van der Waals surface area contributed by atoms with Crippen LogP contribution in [0.4, 0.5) is 4.39 Å². The molecule has 0 radical (unpaired) electrons. The van der Waals surface area contributed by atoms with E-state index in [0.717, 1.165) is 5.69 Å². The van der Waals surface area contributed by atoms with E-state index < -0.39 is 9.84 Å². The lowest BCUT2D eigenvalue weighted by Gasteiger charge is -2.25. The number of nitrogens with zero attached hydrogens (tertiary/aromatic N) is 3. The molecule has 1 aliphatic heterocycles. The fourth-order valence-corrected chi connectivity index (χ4v) is 4.89. The van der Waals surface area contributed by atoms with Crippen molar-refractivity contribution in [3.63, 3.8) is 0 Å². The molecule has 1 unspecified atom stereocenters. The minimum atomic E-state index is -3.07. The van der Waals surface area contributed by atoms with Crippen LogP contribution in [0.25, 0.3) is 5.69 Å². The third-order valence-electron chi connectivity index (χ3n) is 4.43. The molecule has 1 saturated heterocycles. The van der Waals surface area contributed by atoms with Gasteiger partial charge in [-0.25, -0.2) is 17.5 Å². The van der Waals surface area contributed by atoms with Crippen LogP contribution in [0.1, 0.15) is 29.5 Å². The van der Waals surface area contributed by atoms with Gasteiger partial charge in [-0.05, 0) is 50.6 Å². The molecule has 0 aliphatic carbocycles. The van der Waals surface area contributed by atoms with Crippen molar-refractivity contribution in [1.82, 2.24) is 14.7 Å². The van der Waals surface area contributed by atoms with Crippen LogP contribution in [0, 0.1) is 12.7 Å². The Morgan fingerprint density at radius 2 is 2.04 bits per heavy atom. The van der Waals surface area contributed by atoms with Crippen LogP contribution in [-0.2, 0) is 9.84 Å². The van der Waals surface area contributed by atoms with Crippen molar-refractivity contribution in [2.24, 2.45) is 0 Å². The zero-order valence-corrected chi connectivity index (χ0v) is 15.0. The number of carbonyl (C=O) groups excluding carboxylic acids is 1. The van der Waals surface area contributed by atoms with Gasteiger partial charge in [0.25, 0.3) is 5.91 Å². The minimum absolute atomic E-state index is 0.00420. The first kappa shape index (κ1) is 17.6. The summed E-state index contributed by atoms with van der Waals surface area (Å²) >= 11 is 0. The van der Waals surface area contributed by atoms with Gasteiger partial charge in [0, 0.05) is 18.3 Å². The van der Waals surface area contributed by atoms with Gasteiger partial charge in [0.05, 0.1) is 17.2 Å². The maximum atomic E-state index is 13.1. The monoisotopic (exact) mass is 365 g/mol. The van der Waals surface area contributed by atoms with E-state index in [2.05, 4.69) is 5.10 Å². The Labute approximate surface area is 146 Å². The first-order chi connectivity index (χ1) is 11.8. The van der Waals surface area contributed by atoms with E-state index in [9.17, 15) is 17.6 Å². The normalized spacial score (nSPS) is 19.1. The standard InChI is InChI=1S/C17H20FN3O3S/c1-3-20(15-8-9-25(23,24)11-15)17(22)16-10-12(2)21(19-16)14-6-4-13(18)5-7-14/h4-7,10,15H,3,8-9,11H2,1-2H3. The van der Waals surface area contributed by atoms with Crippen LogP contribution in [0.3, 0.4) is 0 Å². The predicted octanol–water partition coefficient (Wildman–Crippen LogP) is 1.97. The van der Waals surface area contributed by atoms with E-state index in [0.29, 0.717) is 18.7 Å². The molecule has 1 aromatic heterocycles. The van der Waals surface area contributed by atoms with Crippen molar-refractivity contribution in [2.75, 3.05) is 18.1 Å². The molecule has 1 fully saturated rings. The number of hydrogen-bond acceptors (Lipinski definition) is 4. The number of sulfone groups is 1. The number of halogens is 1. The second-order valence-corrected chi connectivity index (χ2v) is 8.44. The number of benzene rings is 1. The van der Waals surface area contributed by atoms with Gasteiger partial charge >= 0.3 is 0 Å². The van der Waals surface area contributed by atoms with Crippen LogP contribution in [0.2, 0.25) is 0 Å². The van der Waals surface area contributed by atoms with E-state index in [4.69, 9.17) is 0 Å². The fraction of sp³-hybridized carbons (Fsp3) is 0.412. The number of carbonyl (C=O) groups is 1. The van der Waals surface area contributed by atoms with Gasteiger partial charge < -0.3 is 4.90 Å². The van der Waals surface area contributed by atoms with Gasteiger partial charge in [-0.1, -0.05) is 0 Å². The minimum Gasteiger partial charge on any atom is -0.333 e. The third-order valence-corrected chi connectivity index (χ3v) is 6.18. The maximum absolute atomic E-state index is 13.1. The van der Waals surface area contributed by atoms with E-state index >= 15 is 0 Å². The number of rotatable bonds is 4. The molecule has 134 valence electrons. The SMILES string of the molecule is CCN(C(=O)c1cc(C)n(-c2ccc(F)cc2)n1)C1CCS(=O)(=O)C1. The summed E-state index contributed by atoms with van der Waals surface area (Å²) in [6.45, 7) is 4.05. The second kappa shape index (κ2) is 6.59. The molecule has 0 spiro atoms. The molecule has 2 heterocycles. The summed E-state index contributed by atoms with van der Waals surface area (Å²) in [6, 6.07) is 7.20. The molecular weight excluding hydrogens is 345 g/mol. The molecule has 1 atom stereocenters. The smallest absolute Gasteiger partial charge is 0.274 e. The fourth-order valence-electron chi connectivity index (χ4n) is 3.16. The van der Waals surface area contributed by atoms with Crippen molar-refractivity contribution in [3.05, 3.63) is 47.5 Å². The first-order valence-electron chi connectivity index (χ1n) is 8.14. The van der Waals surface area contributed by atoms with Crippen LogP contribution in [0.15, 0.2) is 30.3 Å². The van der Waals surface area contributed by atoms with Crippen molar-refractivity contribution >= 4 is 15.7 Å². The van der Waals surface area contributed by atoms with Gasteiger partial charge in [0.2, 0.25) is 0 Å². The largest absolute Gasteiger partial charge is 0.333 e. The molecule has 25 heavy (non-hydrogen) atoms. The van der Waals surface area contributed by atoms with E-state index in [1.807, 2.05) is 13.8 Å². The molecule has 6 nitrogen and oxygen atoms in total. The number of amides is 1. The topological polar surface area (TPSA) is 72.3 Å². The third kappa shape index (κ3) is 3.58. The molecule has 0 N–H and O–H groups in total. The number of aromatic nitrogens is 2. The Morgan fingerprint density at radius 1 is 1.36 bits per heavy atom. The number of hydrogen-bond donors (Lipinski definition) is 0. The van der Waals surface area contributed by atoms with Gasteiger partial charge in [-0.15, -0.1) is 0 Å². The summed E-state index contributed by atoms with van der Waals surface area (Å²) in [4.78, 5) is 14.4. The van der Waals surface area contributed by atoms with Crippen LogP contribution in [-0.4, -0.2) is 53.1 Å². The second-order valence-electron chi connectivity index (χ2n) is 6.21. The van der Waals surface area contributed by atoms with Crippen molar-refractivity contribution in [2.45, 2.75) is 26.3 Å². The molecular formula is C17H20FN3O3S. The molecule has 2 aromatic rings. The summed E-state index contributed by atoms with van der Waals surface area (Å²) in [7, 11) is -3.07. The molecule has 1 aliphatic rings. The zero-order chi connectivity index (χ0) is 18.2. The van der Waals surface area contributed by atoms with Crippen LogP contribution in [0.5, 0.6) is 0 Å². The molecule has 3 rings (SSSR count). The summed E-state index contributed by atoms with van der Waals surface area (Å²) < 4.78 is 38.1. The van der Waals surface area contributed by atoms with Crippen LogP contribution < -0.4 is 0 Å². The summed E-state index contributed by atoms with van der Waals surface area (Å²) in [5.41, 5.74) is 1.66. The quantitative estimate of drug-likeness (QED) is 0.830. The van der Waals surface area contributed by atoms with E-state index in [1.54, 1.807) is 27.8 Å². The lowest BCUT2D eigenvalue weighted by Crippen LogP contribution is -2.41. The highest BCUT2D eigenvalue weighted by Crippen LogP contribution is 2.21. The molecule has 0 saturated carbocycles. The Morgan fingerprint density at radius 3 is 2.60 bits per heavy atom. The van der Waals surface area contributed by atoms with Crippen molar-refractivity contribution < 1.29 is 17.6 Å². The average Bonchev–Trinajstić information content (AvgIpc) is 3.11. The molecule has 8 heteroatoms. The summed E-state index contributed by atoms with van der Waals surface area (Å²) in [6.07, 6.45) is 0.458. The molecule has 0 bridgehead atoms. The molecule has 1 amide bonds. The predicted molar refractivity (Wildman–Crippen MR) is 92.0 cm³/mol. The van der Waals surface area contributed by atoms with Gasteiger partial charge in [-0.3, -0.25) is 4.79 Å². The summed E-state index contributed by atoms with van der Waals surface area (Å²) in [5.74, 6) is -0.507. The number of aryl methyl sites for hydroxylation is 1. The highest BCUT2D eigenvalue weighted by molar-refractivity contribution is 7.91. The lowest BCUT2D eigenvalue weighted by atomic mass is 10.2. The Kier molecular flexibility index (Phi) is 4.64. The van der Waals surface area contributed by atoms with Crippen LogP contribution >= 0.6 is 0 Å². The lowest BCUT2D eigenvalue weighted by molar-refractivity contribution is 0.0702. The van der Waals surface area contributed by atoms with Gasteiger partial charge in [0.15, 0.2) is 15.5 Å². The first-order valence-corrected chi connectivity index (χ1v) is 9.97. The highest BCUT2D eigenvalue weighted by atomic mass is 32.2. The summed E-state index contributed by atoms with van der Waals surface area (Å²) in [5, 5.41) is 4.34. The Hall–Kier alpha value is -2.22. The zero-order valence-electron chi connectivity index (χ0n) is 14.1. The maximum Gasteiger partial charge on any atom is 0.274 e. The van der Waals surface area contributed by atoms with E-state index in [1.165, 1.54) is 12.1 Å². The average molecular weight is 365 g/mol. The van der Waals surface area contributed by atoms with Gasteiger partial charge in [0.1, 0.15) is 5.82 Å². The Bertz CT molecular complexity index is 890.